The lowest BCUT2D eigenvalue weighted by molar-refractivity contribution is 0.0452. The first-order valence-electron chi connectivity index (χ1n) is 7.69. The fraction of sp³-hybridized carbons (Fsp3) is 0.235. The Kier molecular flexibility index (Phi) is 4.96. The quantitative estimate of drug-likeness (QED) is 0.562. The Morgan fingerprint density at radius 2 is 2.20 bits per heavy atom. The van der Waals surface area contributed by atoms with Crippen molar-refractivity contribution in [3.63, 3.8) is 0 Å². The molecule has 0 spiro atoms. The lowest BCUT2D eigenvalue weighted by atomic mass is 10.0. The fourth-order valence-electron chi connectivity index (χ4n) is 2.86. The Morgan fingerprint density at radius 1 is 1.40 bits per heavy atom. The molecule has 0 fully saturated rings. The summed E-state index contributed by atoms with van der Waals surface area (Å²) in [5.41, 5.74) is 5.74. The number of benzene rings is 2. The summed E-state index contributed by atoms with van der Waals surface area (Å²) in [5.74, 6) is -0.169. The molecule has 8 heteroatoms. The van der Waals surface area contributed by atoms with Crippen molar-refractivity contribution in [3.05, 3.63) is 52.0 Å². The number of rotatable bonds is 5. The topological polar surface area (TPSA) is 65.6 Å². The van der Waals surface area contributed by atoms with E-state index < -0.39 is 0 Å². The van der Waals surface area contributed by atoms with Crippen LogP contribution in [0.2, 0.25) is 5.02 Å². The third-order valence-electron chi connectivity index (χ3n) is 4.17. The molecule has 0 unspecified atom stereocenters. The zero-order valence-electron chi connectivity index (χ0n) is 13.8. The molecule has 0 saturated heterocycles. The number of halogens is 2. The van der Waals surface area contributed by atoms with Crippen molar-refractivity contribution in [1.29, 1.82) is 0 Å². The van der Waals surface area contributed by atoms with Gasteiger partial charge in [-0.05, 0) is 42.3 Å². The highest BCUT2D eigenvalue weighted by molar-refractivity contribution is 6.32. The molecule has 2 aromatic rings. The zero-order valence-corrected chi connectivity index (χ0v) is 14.6. The van der Waals surface area contributed by atoms with Crippen LogP contribution in [0.25, 0.3) is 0 Å². The van der Waals surface area contributed by atoms with Gasteiger partial charge in [-0.25, -0.2) is 0 Å². The van der Waals surface area contributed by atoms with Gasteiger partial charge in [0.1, 0.15) is 0 Å². The molecule has 1 amide bonds. The number of hydrogen-bond donors (Lipinski definition) is 3. The van der Waals surface area contributed by atoms with E-state index in [2.05, 4.69) is 20.4 Å². The van der Waals surface area contributed by atoms with E-state index in [1.807, 2.05) is 26.1 Å². The number of nitrogens with one attached hydrogen (secondary N) is 3. The molecule has 3 N–H and O–H groups in total. The van der Waals surface area contributed by atoms with Crippen LogP contribution in [0.15, 0.2) is 30.3 Å². The standard InChI is InChI=1S/C17H18ClFN4O2/c1-10-3-5-14-16(23(2)9-21-14)12(10)8-20-17(24)11-4-6-15(25-22-19)13(18)7-11/h3-7,21-22H,8-9H2,1-2H3,(H,20,24). The maximum absolute atomic E-state index is 12.4. The number of anilines is 2. The van der Waals surface area contributed by atoms with Crippen LogP contribution in [0, 0.1) is 6.92 Å². The smallest absolute Gasteiger partial charge is 0.251 e. The Labute approximate surface area is 149 Å². The Morgan fingerprint density at radius 3 is 2.92 bits per heavy atom. The molecule has 0 atom stereocenters. The van der Waals surface area contributed by atoms with Crippen LogP contribution >= 0.6 is 11.6 Å². The van der Waals surface area contributed by atoms with Crippen LogP contribution < -0.4 is 26.1 Å². The van der Waals surface area contributed by atoms with E-state index in [1.165, 1.54) is 18.2 Å². The maximum Gasteiger partial charge on any atom is 0.251 e. The second-order valence-electron chi connectivity index (χ2n) is 5.80. The van der Waals surface area contributed by atoms with Crippen molar-refractivity contribution in [1.82, 2.24) is 11.0 Å². The highest BCUT2D eigenvalue weighted by Crippen LogP contribution is 2.35. The molecule has 2 aromatic carbocycles. The van der Waals surface area contributed by atoms with Gasteiger partial charge in [0.2, 0.25) is 0 Å². The third kappa shape index (κ3) is 3.47. The number of fused-ring (bicyclic) bond motifs is 1. The highest BCUT2D eigenvalue weighted by atomic mass is 35.5. The highest BCUT2D eigenvalue weighted by Gasteiger charge is 2.21. The number of carbonyl (C=O) groups is 1. The van der Waals surface area contributed by atoms with E-state index >= 15 is 0 Å². The molecule has 132 valence electrons. The van der Waals surface area contributed by atoms with Gasteiger partial charge in [-0.2, -0.15) is 0 Å². The Balaban J connectivity index is 1.76. The molecule has 3 rings (SSSR count). The molecule has 0 aromatic heterocycles. The van der Waals surface area contributed by atoms with Gasteiger partial charge in [0.05, 0.1) is 23.1 Å². The first-order valence-corrected chi connectivity index (χ1v) is 8.06. The summed E-state index contributed by atoms with van der Waals surface area (Å²) in [7, 11) is 2.00. The molecule has 25 heavy (non-hydrogen) atoms. The monoisotopic (exact) mass is 364 g/mol. The first-order chi connectivity index (χ1) is 12.0. The molecule has 0 saturated carbocycles. The summed E-state index contributed by atoms with van der Waals surface area (Å²) in [4.78, 5) is 19.0. The van der Waals surface area contributed by atoms with Crippen molar-refractivity contribution in [3.8, 4) is 5.75 Å². The van der Waals surface area contributed by atoms with Gasteiger partial charge in [-0.1, -0.05) is 22.1 Å². The van der Waals surface area contributed by atoms with Gasteiger partial charge in [0, 0.05) is 24.9 Å². The lowest BCUT2D eigenvalue weighted by Crippen LogP contribution is -2.25. The molecule has 1 aliphatic heterocycles. The average Bonchev–Trinajstić information content (AvgIpc) is 2.97. The largest absolute Gasteiger partial charge is 0.377 e. The van der Waals surface area contributed by atoms with Crippen LogP contribution in [-0.4, -0.2) is 19.6 Å². The van der Waals surface area contributed by atoms with E-state index in [0.29, 0.717) is 12.1 Å². The minimum Gasteiger partial charge on any atom is -0.377 e. The normalized spacial score (nSPS) is 12.6. The maximum atomic E-state index is 12.4. The van der Waals surface area contributed by atoms with Crippen molar-refractivity contribution in [2.45, 2.75) is 13.5 Å². The first kappa shape index (κ1) is 17.3. The van der Waals surface area contributed by atoms with E-state index in [1.54, 1.807) is 0 Å². The number of aryl methyl sites for hydroxylation is 1. The van der Waals surface area contributed by atoms with E-state index in [9.17, 15) is 9.28 Å². The SMILES string of the molecule is Cc1ccc2c(c1CNC(=O)c1ccc(ONF)c(Cl)c1)N(C)CN2. The van der Waals surface area contributed by atoms with Crippen LogP contribution in [-0.2, 0) is 6.54 Å². The Bertz CT molecular complexity index is 815. The Hall–Kier alpha value is -2.51. The van der Waals surface area contributed by atoms with Crippen molar-refractivity contribution in [2.75, 3.05) is 23.9 Å². The average molecular weight is 365 g/mol. The number of nitrogens with zero attached hydrogens (tertiary/aromatic N) is 1. The second kappa shape index (κ2) is 7.16. The van der Waals surface area contributed by atoms with Crippen LogP contribution in [0.4, 0.5) is 15.9 Å². The molecular formula is C17H18ClFN4O2. The van der Waals surface area contributed by atoms with E-state index in [-0.39, 0.29) is 16.7 Å². The number of hydrogen-bond acceptors (Lipinski definition) is 5. The van der Waals surface area contributed by atoms with E-state index in [4.69, 9.17) is 11.6 Å². The second-order valence-corrected chi connectivity index (χ2v) is 6.20. The number of amides is 1. The van der Waals surface area contributed by atoms with Gasteiger partial charge in [0.25, 0.3) is 5.91 Å². The summed E-state index contributed by atoms with van der Waals surface area (Å²) in [6, 6.07) is 8.44. The van der Waals surface area contributed by atoms with Crippen LogP contribution in [0.3, 0.4) is 0 Å². The summed E-state index contributed by atoms with van der Waals surface area (Å²) in [6.07, 6.45) is 0. The van der Waals surface area contributed by atoms with Crippen LogP contribution in [0.5, 0.6) is 5.75 Å². The third-order valence-corrected chi connectivity index (χ3v) is 4.47. The molecular weight excluding hydrogens is 347 g/mol. The molecule has 1 heterocycles. The van der Waals surface area contributed by atoms with Gasteiger partial charge in [0.15, 0.2) is 5.75 Å². The minimum absolute atomic E-state index is 0.102. The van der Waals surface area contributed by atoms with Gasteiger partial charge in [-0.3, -0.25) is 4.79 Å². The van der Waals surface area contributed by atoms with Crippen LogP contribution in [0.1, 0.15) is 21.5 Å². The van der Waals surface area contributed by atoms with Crippen molar-refractivity contribution in [2.24, 2.45) is 0 Å². The lowest BCUT2D eigenvalue weighted by Gasteiger charge is -2.18. The predicted octanol–water partition coefficient (Wildman–Crippen LogP) is 3.17. The zero-order chi connectivity index (χ0) is 18.0. The molecule has 0 bridgehead atoms. The molecule has 0 aliphatic carbocycles. The van der Waals surface area contributed by atoms with Gasteiger partial charge >= 0.3 is 0 Å². The van der Waals surface area contributed by atoms with E-state index in [0.717, 1.165) is 34.9 Å². The number of carbonyl (C=O) groups excluding carboxylic acids is 1. The van der Waals surface area contributed by atoms with Gasteiger partial charge < -0.3 is 20.4 Å². The predicted molar refractivity (Wildman–Crippen MR) is 95.6 cm³/mol. The molecule has 6 nitrogen and oxygen atoms in total. The fourth-order valence-corrected chi connectivity index (χ4v) is 3.08. The van der Waals surface area contributed by atoms with Crippen molar-refractivity contribution >= 4 is 28.9 Å². The molecule has 1 aliphatic rings. The summed E-state index contributed by atoms with van der Waals surface area (Å²) in [5, 5.41) is 6.35. The summed E-state index contributed by atoms with van der Waals surface area (Å²) < 4.78 is 12.0. The van der Waals surface area contributed by atoms with Crippen molar-refractivity contribution < 1.29 is 14.1 Å². The summed E-state index contributed by atoms with van der Waals surface area (Å²) in [6.45, 7) is 3.14. The molecule has 0 radical (unpaired) electrons. The van der Waals surface area contributed by atoms with Gasteiger partial charge in [-0.15, -0.1) is 0 Å². The minimum atomic E-state index is -0.271. The summed E-state index contributed by atoms with van der Waals surface area (Å²) >= 11 is 5.96.